The summed E-state index contributed by atoms with van der Waals surface area (Å²) in [5, 5.41) is 3.27. The van der Waals surface area contributed by atoms with Crippen molar-refractivity contribution in [3.8, 4) is 0 Å². The molecule has 18 heavy (non-hydrogen) atoms. The lowest BCUT2D eigenvalue weighted by atomic mass is 10.1. The lowest BCUT2D eigenvalue weighted by Gasteiger charge is -2.39. The Bertz CT molecular complexity index is 307. The van der Waals surface area contributed by atoms with Crippen LogP contribution < -0.4 is 5.32 Å². The Morgan fingerprint density at radius 2 is 2.00 bits per heavy atom. The van der Waals surface area contributed by atoms with Crippen LogP contribution >= 0.6 is 11.8 Å². The first-order chi connectivity index (χ1) is 8.75. The van der Waals surface area contributed by atoms with Crippen molar-refractivity contribution >= 4 is 17.7 Å². The molecule has 2 heterocycles. The molecule has 2 atom stereocenters. The monoisotopic (exact) mass is 269 g/mol. The molecule has 1 saturated carbocycles. The molecule has 2 unspecified atom stereocenters. The van der Waals surface area contributed by atoms with Crippen molar-refractivity contribution in [3.63, 3.8) is 0 Å². The third-order valence-electron chi connectivity index (χ3n) is 4.52. The zero-order chi connectivity index (χ0) is 12.5. The lowest BCUT2D eigenvalue weighted by molar-refractivity contribution is -0.134. The van der Waals surface area contributed by atoms with E-state index < -0.39 is 0 Å². The fraction of sp³-hybridized carbons (Fsp3) is 0.923. The number of carbonyl (C=O) groups excluding carboxylic acids is 1. The Morgan fingerprint density at radius 1 is 1.28 bits per heavy atom. The van der Waals surface area contributed by atoms with Crippen molar-refractivity contribution in [1.29, 1.82) is 0 Å². The molecule has 5 heteroatoms. The van der Waals surface area contributed by atoms with E-state index in [-0.39, 0.29) is 6.04 Å². The summed E-state index contributed by atoms with van der Waals surface area (Å²) in [4.78, 5) is 16.9. The summed E-state index contributed by atoms with van der Waals surface area (Å²) in [6, 6.07) is 0.796. The van der Waals surface area contributed by atoms with E-state index in [1.165, 1.54) is 12.8 Å². The highest BCUT2D eigenvalue weighted by Crippen LogP contribution is 2.35. The second kappa shape index (κ2) is 5.39. The minimum Gasteiger partial charge on any atom is -0.339 e. The zero-order valence-corrected chi connectivity index (χ0v) is 11.9. The molecule has 3 aliphatic rings. The number of piperazine rings is 1. The van der Waals surface area contributed by atoms with Gasteiger partial charge in [0.05, 0.1) is 6.04 Å². The van der Waals surface area contributed by atoms with E-state index in [9.17, 15) is 4.79 Å². The molecule has 1 aliphatic carbocycles. The molecule has 0 bridgehead atoms. The van der Waals surface area contributed by atoms with Crippen molar-refractivity contribution in [2.75, 3.05) is 37.8 Å². The second-order valence-corrected chi connectivity index (χ2v) is 6.74. The topological polar surface area (TPSA) is 35.6 Å². The molecule has 0 aromatic carbocycles. The minimum atomic E-state index is 0.0717. The van der Waals surface area contributed by atoms with Gasteiger partial charge in [0.1, 0.15) is 0 Å². The van der Waals surface area contributed by atoms with Gasteiger partial charge in [0, 0.05) is 43.9 Å². The quantitative estimate of drug-likeness (QED) is 0.813. The maximum atomic E-state index is 12.3. The third-order valence-corrected chi connectivity index (χ3v) is 5.46. The van der Waals surface area contributed by atoms with Gasteiger partial charge in [-0.1, -0.05) is 0 Å². The summed E-state index contributed by atoms with van der Waals surface area (Å²) in [6.45, 7) is 6.30. The average molecular weight is 269 g/mol. The molecular formula is C13H23N3OS. The number of amides is 1. The standard InChI is InChI=1S/C13H23N3OS/c1-10(11-2-3-11)15-4-6-16(7-5-15)13(17)12-8-18-9-14-12/h10-12,14H,2-9H2,1H3. The number of carbonyl (C=O) groups is 1. The van der Waals surface area contributed by atoms with Gasteiger partial charge in [-0.05, 0) is 25.7 Å². The maximum absolute atomic E-state index is 12.3. The predicted octanol–water partition coefficient (Wildman–Crippen LogP) is 0.592. The average Bonchev–Trinajstić information content (AvgIpc) is 3.12. The first-order valence-electron chi connectivity index (χ1n) is 7.09. The van der Waals surface area contributed by atoms with Crippen LogP contribution in [-0.4, -0.2) is 65.6 Å². The maximum Gasteiger partial charge on any atom is 0.240 e. The van der Waals surface area contributed by atoms with Gasteiger partial charge in [0.2, 0.25) is 5.91 Å². The molecule has 0 radical (unpaired) electrons. The first kappa shape index (κ1) is 12.8. The van der Waals surface area contributed by atoms with Crippen LogP contribution in [0.25, 0.3) is 0 Å². The van der Waals surface area contributed by atoms with E-state index in [0.29, 0.717) is 5.91 Å². The predicted molar refractivity (Wildman–Crippen MR) is 74.6 cm³/mol. The van der Waals surface area contributed by atoms with E-state index in [2.05, 4.69) is 22.0 Å². The van der Waals surface area contributed by atoms with Crippen molar-refractivity contribution in [2.45, 2.75) is 31.8 Å². The third kappa shape index (κ3) is 2.68. The van der Waals surface area contributed by atoms with Gasteiger partial charge < -0.3 is 4.90 Å². The Balaban J connectivity index is 1.48. The van der Waals surface area contributed by atoms with Crippen LogP contribution in [0.1, 0.15) is 19.8 Å². The molecule has 0 aromatic heterocycles. The van der Waals surface area contributed by atoms with E-state index in [1.54, 1.807) is 0 Å². The van der Waals surface area contributed by atoms with Crippen LogP contribution in [0.4, 0.5) is 0 Å². The van der Waals surface area contributed by atoms with E-state index >= 15 is 0 Å². The number of thioether (sulfide) groups is 1. The SMILES string of the molecule is CC(C1CC1)N1CCN(C(=O)C2CSCN2)CC1. The summed E-state index contributed by atoms with van der Waals surface area (Å²) in [6.07, 6.45) is 2.81. The van der Waals surface area contributed by atoms with Crippen LogP contribution in [0.3, 0.4) is 0 Å². The summed E-state index contributed by atoms with van der Waals surface area (Å²) in [5.41, 5.74) is 0. The Hall–Kier alpha value is -0.260. The van der Waals surface area contributed by atoms with E-state index in [1.807, 2.05) is 11.8 Å². The number of hydrogen-bond donors (Lipinski definition) is 1. The highest BCUT2D eigenvalue weighted by atomic mass is 32.2. The summed E-state index contributed by atoms with van der Waals surface area (Å²) in [7, 11) is 0. The largest absolute Gasteiger partial charge is 0.339 e. The summed E-state index contributed by atoms with van der Waals surface area (Å²) < 4.78 is 0. The minimum absolute atomic E-state index is 0.0717. The lowest BCUT2D eigenvalue weighted by Crippen LogP contribution is -2.55. The Morgan fingerprint density at radius 3 is 2.56 bits per heavy atom. The number of nitrogens with one attached hydrogen (secondary N) is 1. The van der Waals surface area contributed by atoms with Gasteiger partial charge in [-0.2, -0.15) is 0 Å². The van der Waals surface area contributed by atoms with Crippen LogP contribution in [0.15, 0.2) is 0 Å². The molecule has 2 saturated heterocycles. The van der Waals surface area contributed by atoms with Gasteiger partial charge >= 0.3 is 0 Å². The molecule has 4 nitrogen and oxygen atoms in total. The Labute approximate surface area is 113 Å². The van der Waals surface area contributed by atoms with Gasteiger partial charge in [-0.3, -0.25) is 15.0 Å². The van der Waals surface area contributed by atoms with Crippen LogP contribution in [0, 0.1) is 5.92 Å². The number of nitrogens with zero attached hydrogens (tertiary/aromatic N) is 2. The molecule has 3 fully saturated rings. The van der Waals surface area contributed by atoms with Crippen LogP contribution in [0.5, 0.6) is 0 Å². The van der Waals surface area contributed by atoms with Crippen LogP contribution in [-0.2, 0) is 4.79 Å². The van der Waals surface area contributed by atoms with Crippen molar-refractivity contribution in [3.05, 3.63) is 0 Å². The number of rotatable bonds is 3. The molecule has 0 aromatic rings. The Kier molecular flexibility index (Phi) is 3.82. The molecule has 3 rings (SSSR count). The van der Waals surface area contributed by atoms with Gasteiger partial charge in [-0.15, -0.1) is 11.8 Å². The zero-order valence-electron chi connectivity index (χ0n) is 11.1. The molecule has 2 aliphatic heterocycles. The van der Waals surface area contributed by atoms with Crippen molar-refractivity contribution in [2.24, 2.45) is 5.92 Å². The molecule has 1 N–H and O–H groups in total. The smallest absolute Gasteiger partial charge is 0.240 e. The fourth-order valence-electron chi connectivity index (χ4n) is 3.00. The second-order valence-electron chi connectivity index (χ2n) is 5.71. The van der Waals surface area contributed by atoms with Crippen LogP contribution in [0.2, 0.25) is 0 Å². The molecule has 102 valence electrons. The van der Waals surface area contributed by atoms with Crippen molar-refractivity contribution < 1.29 is 4.79 Å². The van der Waals surface area contributed by atoms with Crippen molar-refractivity contribution in [1.82, 2.24) is 15.1 Å². The summed E-state index contributed by atoms with van der Waals surface area (Å²) >= 11 is 1.82. The number of hydrogen-bond acceptors (Lipinski definition) is 4. The van der Waals surface area contributed by atoms with E-state index in [0.717, 1.165) is 49.8 Å². The normalized spacial score (nSPS) is 31.6. The molecule has 1 amide bonds. The first-order valence-corrected chi connectivity index (χ1v) is 8.25. The van der Waals surface area contributed by atoms with Gasteiger partial charge in [0.15, 0.2) is 0 Å². The summed E-state index contributed by atoms with van der Waals surface area (Å²) in [5.74, 6) is 3.12. The fourth-order valence-corrected chi connectivity index (χ4v) is 3.93. The highest BCUT2D eigenvalue weighted by Gasteiger charge is 2.35. The highest BCUT2D eigenvalue weighted by molar-refractivity contribution is 7.99. The van der Waals surface area contributed by atoms with E-state index in [4.69, 9.17) is 0 Å². The van der Waals surface area contributed by atoms with Gasteiger partial charge in [0.25, 0.3) is 0 Å². The molecule has 0 spiro atoms. The molecular weight excluding hydrogens is 246 g/mol. The van der Waals surface area contributed by atoms with Gasteiger partial charge in [-0.25, -0.2) is 0 Å².